The van der Waals surface area contributed by atoms with Crippen LogP contribution in [-0.2, 0) is 13.0 Å². The molecule has 0 amide bonds. The molecule has 0 spiro atoms. The number of aromatic amines is 1. The number of imidazole rings is 1. The van der Waals surface area contributed by atoms with Gasteiger partial charge < -0.3 is 0 Å². The Hall–Kier alpha value is -0.790. The highest BCUT2D eigenvalue weighted by Crippen LogP contribution is 2.14. The van der Waals surface area contributed by atoms with Gasteiger partial charge in [-0.05, 0) is 19.3 Å². The molecule has 0 bridgehead atoms. The van der Waals surface area contributed by atoms with Crippen LogP contribution in [0.25, 0.3) is 0 Å². The third-order valence-corrected chi connectivity index (χ3v) is 8.37. The Morgan fingerprint density at radius 1 is 0.432 bits per heavy atom. The van der Waals surface area contributed by atoms with E-state index in [0.717, 1.165) is 0 Å². The number of aromatic nitrogens is 2. The number of aryl methyl sites for hydroxylation is 2. The molecule has 1 rings (SSSR count). The van der Waals surface area contributed by atoms with Gasteiger partial charge in [0.1, 0.15) is 12.4 Å². The van der Waals surface area contributed by atoms with Gasteiger partial charge >= 0.3 is 0 Å². The maximum atomic E-state index is 3.51. The summed E-state index contributed by atoms with van der Waals surface area (Å²) in [6, 6.07) is 0. The first-order valence-corrected chi connectivity index (χ1v) is 17.4. The third-order valence-electron chi connectivity index (χ3n) is 8.37. The van der Waals surface area contributed by atoms with E-state index in [1.807, 2.05) is 0 Å². The van der Waals surface area contributed by atoms with Crippen molar-refractivity contribution in [2.75, 3.05) is 0 Å². The molecule has 1 aromatic heterocycles. The van der Waals surface area contributed by atoms with Crippen LogP contribution in [0.15, 0.2) is 12.4 Å². The molecule has 0 radical (unpaired) electrons. The van der Waals surface area contributed by atoms with Crippen LogP contribution < -0.4 is 4.57 Å². The zero-order chi connectivity index (χ0) is 26.5. The minimum Gasteiger partial charge on any atom is -0.248 e. The van der Waals surface area contributed by atoms with Crippen LogP contribution in [0.4, 0.5) is 0 Å². The molecule has 1 N–H and O–H groups in total. The molecule has 0 aliphatic heterocycles. The lowest BCUT2D eigenvalue weighted by atomic mass is 10.0. The minimum atomic E-state index is 1.20. The second kappa shape index (κ2) is 28.2. The van der Waals surface area contributed by atoms with Gasteiger partial charge in [-0.25, -0.2) is 9.55 Å². The van der Waals surface area contributed by atoms with E-state index in [2.05, 4.69) is 35.8 Å². The molecular formula is C35H69N2+. The number of hydrogen-bond donors (Lipinski definition) is 1. The number of rotatable bonds is 30. The van der Waals surface area contributed by atoms with Crippen LogP contribution >= 0.6 is 0 Å². The van der Waals surface area contributed by atoms with Crippen LogP contribution in [0.2, 0.25) is 0 Å². The fourth-order valence-corrected chi connectivity index (χ4v) is 5.79. The molecule has 0 saturated heterocycles. The molecule has 2 heteroatoms. The summed E-state index contributed by atoms with van der Waals surface area (Å²) in [6.07, 6.45) is 45.9. The van der Waals surface area contributed by atoms with Gasteiger partial charge in [-0.1, -0.05) is 174 Å². The average molecular weight is 518 g/mol. The van der Waals surface area contributed by atoms with E-state index in [1.54, 1.807) is 0 Å². The van der Waals surface area contributed by atoms with E-state index in [4.69, 9.17) is 0 Å². The summed E-state index contributed by atoms with van der Waals surface area (Å²) in [5.41, 5.74) is 0. The normalized spacial score (nSPS) is 11.5. The third kappa shape index (κ3) is 22.9. The van der Waals surface area contributed by atoms with E-state index < -0.39 is 0 Å². The van der Waals surface area contributed by atoms with Crippen molar-refractivity contribution >= 4 is 0 Å². The van der Waals surface area contributed by atoms with Crippen LogP contribution in [0, 0.1) is 0 Å². The molecule has 0 atom stereocenters. The van der Waals surface area contributed by atoms with Crippen molar-refractivity contribution in [3.05, 3.63) is 18.2 Å². The number of nitrogens with one attached hydrogen (secondary N) is 1. The molecule has 218 valence electrons. The van der Waals surface area contributed by atoms with E-state index in [0.29, 0.717) is 0 Å². The van der Waals surface area contributed by atoms with Gasteiger partial charge in [-0.3, -0.25) is 0 Å². The molecule has 1 heterocycles. The van der Waals surface area contributed by atoms with Gasteiger partial charge in [0.2, 0.25) is 0 Å². The monoisotopic (exact) mass is 518 g/mol. The van der Waals surface area contributed by atoms with E-state index in [1.165, 1.54) is 199 Å². The van der Waals surface area contributed by atoms with Crippen molar-refractivity contribution in [1.82, 2.24) is 4.98 Å². The summed E-state index contributed by atoms with van der Waals surface area (Å²) < 4.78 is 2.49. The van der Waals surface area contributed by atoms with Gasteiger partial charge in [0.15, 0.2) is 0 Å². The first-order chi connectivity index (χ1) is 18.4. The SMILES string of the molecule is CCCCCCCCCCCCCCCCc1[nH]cc[n+]1CCCCCCCCCCCCCCCC. The molecule has 2 nitrogen and oxygen atoms in total. The first-order valence-electron chi connectivity index (χ1n) is 17.4. The largest absolute Gasteiger partial charge is 0.254 e. The first kappa shape index (κ1) is 34.2. The number of nitrogens with zero attached hydrogens (tertiary/aromatic N) is 1. The maximum absolute atomic E-state index is 3.51. The highest BCUT2D eigenvalue weighted by Gasteiger charge is 2.09. The summed E-state index contributed by atoms with van der Waals surface area (Å²) in [7, 11) is 0. The minimum absolute atomic E-state index is 1.20. The van der Waals surface area contributed by atoms with Crippen molar-refractivity contribution in [1.29, 1.82) is 0 Å². The standard InChI is InChI=1S/C35H68N2/c1-3-5-7-9-11-13-15-17-19-21-23-25-27-29-31-35-36-32-34-37(35)33-30-28-26-24-22-20-18-16-14-12-10-8-6-4-2/h32,34H,3-31,33H2,1-2H3/p+1. The topological polar surface area (TPSA) is 19.7 Å². The molecule has 37 heavy (non-hydrogen) atoms. The summed E-state index contributed by atoms with van der Waals surface area (Å²) in [6.45, 7) is 5.81. The number of hydrogen-bond acceptors (Lipinski definition) is 0. The average Bonchev–Trinajstić information content (AvgIpc) is 3.36. The van der Waals surface area contributed by atoms with Gasteiger partial charge in [-0.2, -0.15) is 0 Å². The van der Waals surface area contributed by atoms with Gasteiger partial charge in [0, 0.05) is 6.42 Å². The lowest BCUT2D eigenvalue weighted by molar-refractivity contribution is -0.703. The Balaban J connectivity index is 1.85. The smallest absolute Gasteiger partial charge is 0.248 e. The van der Waals surface area contributed by atoms with Gasteiger partial charge in [0.05, 0.1) is 6.54 Å². The van der Waals surface area contributed by atoms with Gasteiger partial charge in [-0.15, -0.1) is 0 Å². The molecule has 0 unspecified atom stereocenters. The lowest BCUT2D eigenvalue weighted by Gasteiger charge is -2.04. The van der Waals surface area contributed by atoms with Crippen LogP contribution in [-0.4, -0.2) is 4.98 Å². The van der Waals surface area contributed by atoms with Crippen LogP contribution in [0.5, 0.6) is 0 Å². The van der Waals surface area contributed by atoms with E-state index in [9.17, 15) is 0 Å². The zero-order valence-corrected chi connectivity index (χ0v) is 25.8. The number of H-pyrrole nitrogens is 1. The van der Waals surface area contributed by atoms with Crippen molar-refractivity contribution in [3.63, 3.8) is 0 Å². The molecular weight excluding hydrogens is 448 g/mol. The quantitative estimate of drug-likeness (QED) is 0.0773. The molecule has 0 fully saturated rings. The molecule has 0 aliphatic carbocycles. The lowest BCUT2D eigenvalue weighted by Crippen LogP contribution is -2.36. The summed E-state index contributed by atoms with van der Waals surface area (Å²) in [4.78, 5) is 3.51. The Morgan fingerprint density at radius 2 is 0.757 bits per heavy atom. The highest BCUT2D eigenvalue weighted by atomic mass is 15.1. The van der Waals surface area contributed by atoms with Crippen molar-refractivity contribution in [3.8, 4) is 0 Å². The van der Waals surface area contributed by atoms with Crippen LogP contribution in [0.3, 0.4) is 0 Å². The predicted molar refractivity (Wildman–Crippen MR) is 165 cm³/mol. The molecule has 0 aromatic carbocycles. The Labute approximate surface area is 234 Å². The fourth-order valence-electron chi connectivity index (χ4n) is 5.79. The zero-order valence-electron chi connectivity index (χ0n) is 25.8. The highest BCUT2D eigenvalue weighted by molar-refractivity contribution is 4.77. The Bertz CT molecular complexity index is 503. The second-order valence-corrected chi connectivity index (χ2v) is 12.0. The molecule has 1 aromatic rings. The summed E-state index contributed by atoms with van der Waals surface area (Å²) in [5.74, 6) is 1.45. The molecule has 0 saturated carbocycles. The second-order valence-electron chi connectivity index (χ2n) is 12.0. The van der Waals surface area contributed by atoms with Crippen LogP contribution in [0.1, 0.15) is 199 Å². The number of unbranched alkanes of at least 4 members (excludes halogenated alkanes) is 26. The predicted octanol–water partition coefficient (Wildman–Crippen LogP) is 11.8. The Kier molecular flexibility index (Phi) is 26.1. The van der Waals surface area contributed by atoms with Crippen molar-refractivity contribution in [2.45, 2.75) is 207 Å². The Morgan fingerprint density at radius 3 is 1.14 bits per heavy atom. The van der Waals surface area contributed by atoms with E-state index >= 15 is 0 Å². The molecule has 0 aliphatic rings. The fraction of sp³-hybridized carbons (Fsp3) is 0.914. The van der Waals surface area contributed by atoms with Crippen molar-refractivity contribution in [2.24, 2.45) is 0 Å². The van der Waals surface area contributed by atoms with Crippen molar-refractivity contribution < 1.29 is 4.57 Å². The van der Waals surface area contributed by atoms with Gasteiger partial charge in [0.25, 0.3) is 5.82 Å². The summed E-state index contributed by atoms with van der Waals surface area (Å²) >= 11 is 0. The maximum Gasteiger partial charge on any atom is 0.254 e. The van der Waals surface area contributed by atoms with E-state index in [-0.39, 0.29) is 0 Å². The summed E-state index contributed by atoms with van der Waals surface area (Å²) in [5, 5.41) is 0.